The van der Waals surface area contributed by atoms with Crippen molar-refractivity contribution in [3.8, 4) is 5.75 Å². The predicted octanol–water partition coefficient (Wildman–Crippen LogP) is 3.26. The first kappa shape index (κ1) is 14.9. The molecule has 0 saturated heterocycles. The first-order chi connectivity index (χ1) is 11.1. The minimum Gasteiger partial charge on any atom is -0.481 e. The molecule has 0 aliphatic heterocycles. The van der Waals surface area contributed by atoms with Gasteiger partial charge in [-0.1, -0.05) is 24.3 Å². The number of aromatic amines is 1. The van der Waals surface area contributed by atoms with E-state index in [1.807, 2.05) is 55.5 Å². The second-order valence-corrected chi connectivity index (χ2v) is 5.25. The molecule has 0 bridgehead atoms. The average Bonchev–Trinajstić information content (AvgIpc) is 2.95. The summed E-state index contributed by atoms with van der Waals surface area (Å²) in [5.74, 6) is 1.25. The van der Waals surface area contributed by atoms with Gasteiger partial charge in [0.05, 0.1) is 17.6 Å². The van der Waals surface area contributed by atoms with Crippen molar-refractivity contribution >= 4 is 17.1 Å². The van der Waals surface area contributed by atoms with Crippen molar-refractivity contribution in [1.29, 1.82) is 0 Å². The van der Waals surface area contributed by atoms with Gasteiger partial charge >= 0.3 is 6.09 Å². The molecule has 0 saturated carbocycles. The fourth-order valence-corrected chi connectivity index (χ4v) is 2.35. The summed E-state index contributed by atoms with van der Waals surface area (Å²) in [5.41, 5.74) is 2.77. The highest BCUT2D eigenvalue weighted by atomic mass is 16.5. The van der Waals surface area contributed by atoms with Crippen molar-refractivity contribution in [3.63, 3.8) is 0 Å². The van der Waals surface area contributed by atoms with Gasteiger partial charge in [0.1, 0.15) is 11.6 Å². The predicted molar refractivity (Wildman–Crippen MR) is 86.7 cm³/mol. The zero-order valence-corrected chi connectivity index (χ0v) is 12.6. The van der Waals surface area contributed by atoms with E-state index in [4.69, 9.17) is 9.84 Å². The maximum Gasteiger partial charge on any atom is 0.404 e. The number of imidazole rings is 1. The number of nitrogens with zero attached hydrogens (tertiary/aromatic N) is 1. The number of benzene rings is 2. The fourth-order valence-electron chi connectivity index (χ4n) is 2.35. The largest absolute Gasteiger partial charge is 0.481 e. The highest BCUT2D eigenvalue weighted by Crippen LogP contribution is 2.23. The lowest BCUT2D eigenvalue weighted by Gasteiger charge is -2.17. The summed E-state index contributed by atoms with van der Waals surface area (Å²) in [4.78, 5) is 18.5. The van der Waals surface area contributed by atoms with Crippen molar-refractivity contribution in [2.45, 2.75) is 13.0 Å². The van der Waals surface area contributed by atoms with Crippen LogP contribution in [0, 0.1) is 6.92 Å². The van der Waals surface area contributed by atoms with E-state index in [-0.39, 0.29) is 6.54 Å². The van der Waals surface area contributed by atoms with E-state index in [1.54, 1.807) is 0 Å². The Balaban J connectivity index is 1.89. The molecule has 0 aliphatic rings. The van der Waals surface area contributed by atoms with Crippen molar-refractivity contribution in [3.05, 3.63) is 59.9 Å². The van der Waals surface area contributed by atoms with Gasteiger partial charge in [-0.2, -0.15) is 0 Å². The van der Waals surface area contributed by atoms with Crippen LogP contribution in [-0.4, -0.2) is 27.7 Å². The average molecular weight is 311 g/mol. The number of carbonyl (C=O) groups is 1. The molecule has 3 N–H and O–H groups in total. The first-order valence-corrected chi connectivity index (χ1v) is 7.26. The molecule has 6 nitrogen and oxygen atoms in total. The molecule has 1 unspecified atom stereocenters. The van der Waals surface area contributed by atoms with Crippen LogP contribution in [0.5, 0.6) is 5.75 Å². The smallest absolute Gasteiger partial charge is 0.404 e. The van der Waals surface area contributed by atoms with Gasteiger partial charge < -0.3 is 20.1 Å². The number of H-pyrrole nitrogens is 1. The highest BCUT2D eigenvalue weighted by molar-refractivity contribution is 5.74. The number of nitrogens with one attached hydrogen (secondary N) is 2. The van der Waals surface area contributed by atoms with E-state index in [2.05, 4.69) is 15.3 Å². The number of carboxylic acid groups (broad SMARTS) is 1. The third-order valence-electron chi connectivity index (χ3n) is 3.42. The van der Waals surface area contributed by atoms with Crippen LogP contribution in [0.2, 0.25) is 0 Å². The van der Waals surface area contributed by atoms with Crippen molar-refractivity contribution in [1.82, 2.24) is 15.3 Å². The summed E-state index contributed by atoms with van der Waals surface area (Å²) in [7, 11) is 0. The molecule has 1 amide bonds. The summed E-state index contributed by atoms with van der Waals surface area (Å²) in [6, 6.07) is 15.2. The Morgan fingerprint density at radius 3 is 2.87 bits per heavy atom. The lowest BCUT2D eigenvalue weighted by atomic mass is 10.2. The molecule has 1 atom stereocenters. The van der Waals surface area contributed by atoms with Crippen molar-refractivity contribution in [2.75, 3.05) is 6.54 Å². The van der Waals surface area contributed by atoms with Gasteiger partial charge in [0, 0.05) is 0 Å². The molecule has 2 aromatic carbocycles. The van der Waals surface area contributed by atoms with Gasteiger partial charge in [-0.25, -0.2) is 9.78 Å². The van der Waals surface area contributed by atoms with E-state index < -0.39 is 12.2 Å². The van der Waals surface area contributed by atoms with Crippen LogP contribution in [0.1, 0.15) is 17.5 Å². The molecule has 0 aliphatic carbocycles. The summed E-state index contributed by atoms with van der Waals surface area (Å²) in [6.07, 6.45) is -1.64. The molecule has 3 aromatic rings. The normalized spacial score (nSPS) is 12.0. The minimum atomic E-state index is -1.10. The van der Waals surface area contributed by atoms with Crippen molar-refractivity contribution < 1.29 is 14.6 Å². The minimum absolute atomic E-state index is 0.100. The Labute approximate surface area is 133 Å². The molecule has 118 valence electrons. The Kier molecular flexibility index (Phi) is 4.14. The number of rotatable bonds is 5. The number of hydrogen-bond donors (Lipinski definition) is 3. The monoisotopic (exact) mass is 311 g/mol. The lowest BCUT2D eigenvalue weighted by molar-refractivity contribution is 0.169. The molecular formula is C17H17N3O3. The van der Waals surface area contributed by atoms with E-state index in [0.717, 1.165) is 16.6 Å². The lowest BCUT2D eigenvalue weighted by Crippen LogP contribution is -2.29. The van der Waals surface area contributed by atoms with Crippen LogP contribution in [0.4, 0.5) is 4.79 Å². The van der Waals surface area contributed by atoms with Gasteiger partial charge in [-0.05, 0) is 36.8 Å². The van der Waals surface area contributed by atoms with Crippen LogP contribution < -0.4 is 10.1 Å². The first-order valence-electron chi connectivity index (χ1n) is 7.26. The Bertz CT molecular complexity index is 796. The number of aromatic nitrogens is 2. The maximum absolute atomic E-state index is 10.8. The summed E-state index contributed by atoms with van der Waals surface area (Å²) < 4.78 is 5.94. The van der Waals surface area contributed by atoms with Crippen LogP contribution in [-0.2, 0) is 0 Å². The van der Waals surface area contributed by atoms with Crippen LogP contribution >= 0.6 is 0 Å². The maximum atomic E-state index is 10.8. The van der Waals surface area contributed by atoms with E-state index in [1.165, 1.54) is 0 Å². The topological polar surface area (TPSA) is 87.2 Å². The van der Waals surface area contributed by atoms with Crippen LogP contribution in [0.3, 0.4) is 0 Å². The molecule has 1 heterocycles. The Hall–Kier alpha value is -3.02. The molecular weight excluding hydrogens is 294 g/mol. The SMILES string of the molecule is Cc1cccc(OC(CNC(=O)O)c2nc3ccccc3[nH]2)c1. The number of aryl methyl sites for hydroxylation is 1. The molecule has 3 rings (SSSR count). The van der Waals surface area contributed by atoms with Crippen molar-refractivity contribution in [2.24, 2.45) is 0 Å². The van der Waals surface area contributed by atoms with Gasteiger partial charge in [0.2, 0.25) is 0 Å². The third-order valence-corrected chi connectivity index (χ3v) is 3.42. The van der Waals surface area contributed by atoms with Crippen LogP contribution in [0.15, 0.2) is 48.5 Å². The quantitative estimate of drug-likeness (QED) is 0.675. The standard InChI is InChI=1S/C17H17N3O3/c1-11-5-4-6-12(9-11)23-15(10-18-17(21)22)16-19-13-7-2-3-8-14(13)20-16/h2-9,15,18H,10H2,1H3,(H,19,20)(H,21,22). The fraction of sp³-hybridized carbons (Fsp3) is 0.176. The molecule has 6 heteroatoms. The summed E-state index contributed by atoms with van der Waals surface area (Å²) in [5, 5.41) is 11.2. The molecule has 0 fully saturated rings. The summed E-state index contributed by atoms with van der Waals surface area (Å²) in [6.45, 7) is 2.07. The third kappa shape index (κ3) is 3.60. The number of amides is 1. The van der Waals surface area contributed by atoms with Gasteiger partial charge in [0.15, 0.2) is 6.10 Å². The number of fused-ring (bicyclic) bond motifs is 1. The Morgan fingerprint density at radius 1 is 1.30 bits per heavy atom. The highest BCUT2D eigenvalue weighted by Gasteiger charge is 2.19. The second kappa shape index (κ2) is 6.39. The molecule has 23 heavy (non-hydrogen) atoms. The zero-order chi connectivity index (χ0) is 16.2. The summed E-state index contributed by atoms with van der Waals surface area (Å²) >= 11 is 0. The molecule has 1 aromatic heterocycles. The van der Waals surface area contributed by atoms with Gasteiger partial charge in [-0.3, -0.25) is 0 Å². The zero-order valence-electron chi connectivity index (χ0n) is 12.6. The van der Waals surface area contributed by atoms with E-state index in [0.29, 0.717) is 11.6 Å². The van der Waals surface area contributed by atoms with E-state index in [9.17, 15) is 4.79 Å². The number of ether oxygens (including phenoxy) is 1. The van der Waals surface area contributed by atoms with E-state index >= 15 is 0 Å². The molecule has 0 radical (unpaired) electrons. The number of hydrogen-bond acceptors (Lipinski definition) is 3. The number of para-hydroxylation sites is 2. The van der Waals surface area contributed by atoms with Crippen LogP contribution in [0.25, 0.3) is 11.0 Å². The van der Waals surface area contributed by atoms with Gasteiger partial charge in [0.25, 0.3) is 0 Å². The second-order valence-electron chi connectivity index (χ2n) is 5.25. The Morgan fingerprint density at radius 2 is 2.13 bits per heavy atom. The van der Waals surface area contributed by atoms with Gasteiger partial charge in [-0.15, -0.1) is 0 Å². The molecule has 0 spiro atoms.